The summed E-state index contributed by atoms with van der Waals surface area (Å²) in [5.41, 5.74) is 2.16. The van der Waals surface area contributed by atoms with E-state index in [2.05, 4.69) is 20.4 Å². The highest BCUT2D eigenvalue weighted by Crippen LogP contribution is 2.21. The van der Waals surface area contributed by atoms with E-state index in [1.807, 2.05) is 6.92 Å². The largest absolute Gasteiger partial charge is 0.481 e. The number of aliphatic carboxylic acids is 1. The Balaban J connectivity index is 2.23. The Bertz CT molecular complexity index is 579. The highest BCUT2D eigenvalue weighted by atomic mass is 16.4. The highest BCUT2D eigenvalue weighted by molar-refractivity contribution is 5.66. The van der Waals surface area contributed by atoms with E-state index < -0.39 is 5.97 Å². The van der Waals surface area contributed by atoms with Crippen molar-refractivity contribution in [3.8, 4) is 11.5 Å². The van der Waals surface area contributed by atoms with E-state index in [4.69, 9.17) is 9.52 Å². The van der Waals surface area contributed by atoms with Gasteiger partial charge in [-0.25, -0.2) is 0 Å². The van der Waals surface area contributed by atoms with Gasteiger partial charge in [0.15, 0.2) is 0 Å². The van der Waals surface area contributed by atoms with E-state index in [0.29, 0.717) is 17.5 Å². The molecule has 0 unspecified atom stereocenters. The maximum Gasteiger partial charge on any atom is 0.303 e. The monoisotopic (exact) mass is 248 g/mol. The molecule has 0 atom stereocenters. The molecule has 2 rings (SSSR count). The molecule has 0 saturated heterocycles. The summed E-state index contributed by atoms with van der Waals surface area (Å²) in [5, 5.41) is 24.1. The summed E-state index contributed by atoms with van der Waals surface area (Å²) in [5.74, 6) is -0.250. The molecule has 7 nitrogen and oxygen atoms in total. The molecule has 0 spiro atoms. The van der Waals surface area contributed by atoms with Gasteiger partial charge in [-0.3, -0.25) is 4.79 Å². The summed E-state index contributed by atoms with van der Waals surface area (Å²) < 4.78 is 5.40. The summed E-state index contributed by atoms with van der Waals surface area (Å²) in [6, 6.07) is 1.80. The van der Waals surface area contributed by atoms with E-state index >= 15 is 0 Å². The summed E-state index contributed by atoms with van der Waals surface area (Å²) in [6.45, 7) is 3.61. The fourth-order valence-electron chi connectivity index (χ4n) is 1.44. The zero-order valence-corrected chi connectivity index (χ0v) is 10.0. The van der Waals surface area contributed by atoms with Gasteiger partial charge >= 0.3 is 5.97 Å². The Morgan fingerprint density at radius 1 is 1.28 bits per heavy atom. The molecule has 2 aromatic rings. The van der Waals surface area contributed by atoms with Crippen molar-refractivity contribution in [2.75, 3.05) is 0 Å². The molecule has 0 bridgehead atoms. The number of carboxylic acid groups (broad SMARTS) is 1. The van der Waals surface area contributed by atoms with Crippen molar-refractivity contribution >= 4 is 5.97 Å². The molecule has 2 heterocycles. The summed E-state index contributed by atoms with van der Waals surface area (Å²) in [7, 11) is 0. The quantitative estimate of drug-likeness (QED) is 0.865. The minimum atomic E-state index is -0.896. The van der Waals surface area contributed by atoms with Crippen molar-refractivity contribution in [2.45, 2.75) is 26.7 Å². The van der Waals surface area contributed by atoms with Gasteiger partial charge in [0.05, 0.1) is 23.4 Å². The molecule has 2 aromatic heterocycles. The van der Waals surface area contributed by atoms with Crippen LogP contribution in [0.1, 0.15) is 23.7 Å². The molecule has 0 saturated carbocycles. The van der Waals surface area contributed by atoms with Crippen LogP contribution in [0, 0.1) is 13.8 Å². The molecular formula is C11H12N4O3. The third-order valence-corrected chi connectivity index (χ3v) is 2.35. The van der Waals surface area contributed by atoms with Crippen molar-refractivity contribution in [1.29, 1.82) is 0 Å². The summed E-state index contributed by atoms with van der Waals surface area (Å²) in [6.07, 6.45) is 0.188. The number of carbonyl (C=O) groups is 1. The number of rotatable bonds is 4. The van der Waals surface area contributed by atoms with Crippen LogP contribution < -0.4 is 0 Å². The number of hydrogen-bond donors (Lipinski definition) is 1. The Labute approximate surface area is 103 Å². The minimum absolute atomic E-state index is 0.0335. The number of nitrogens with zero attached hydrogens (tertiary/aromatic N) is 4. The average Bonchev–Trinajstić information content (AvgIpc) is 2.78. The number of carboxylic acids is 1. The van der Waals surface area contributed by atoms with Crippen LogP contribution in [0.3, 0.4) is 0 Å². The van der Waals surface area contributed by atoms with Gasteiger partial charge in [-0.05, 0) is 19.9 Å². The average molecular weight is 248 g/mol. The molecule has 7 heteroatoms. The minimum Gasteiger partial charge on any atom is -0.481 e. The lowest BCUT2D eigenvalue weighted by Crippen LogP contribution is -1.97. The van der Waals surface area contributed by atoms with Crippen LogP contribution in [0.2, 0.25) is 0 Å². The summed E-state index contributed by atoms with van der Waals surface area (Å²) in [4.78, 5) is 10.4. The van der Waals surface area contributed by atoms with Crippen molar-refractivity contribution in [1.82, 2.24) is 20.4 Å². The zero-order chi connectivity index (χ0) is 13.1. The lowest BCUT2D eigenvalue weighted by atomic mass is 10.2. The predicted octanol–water partition coefficient (Wildman–Crippen LogP) is 1.16. The summed E-state index contributed by atoms with van der Waals surface area (Å²) >= 11 is 0. The SMILES string of the molecule is Cc1cc(-c2nnc(CCC(=O)O)o2)c(C)nn1. The first-order valence-corrected chi connectivity index (χ1v) is 5.41. The normalized spacial score (nSPS) is 10.6. The third-order valence-electron chi connectivity index (χ3n) is 2.35. The van der Waals surface area contributed by atoms with Crippen LogP contribution in [0.15, 0.2) is 10.5 Å². The van der Waals surface area contributed by atoms with Gasteiger partial charge in [0.2, 0.25) is 11.8 Å². The van der Waals surface area contributed by atoms with Gasteiger partial charge in [0.1, 0.15) is 0 Å². The van der Waals surface area contributed by atoms with E-state index in [0.717, 1.165) is 11.3 Å². The number of aromatic nitrogens is 4. The van der Waals surface area contributed by atoms with Gasteiger partial charge in [0, 0.05) is 6.42 Å². The molecule has 0 fully saturated rings. The van der Waals surface area contributed by atoms with E-state index in [-0.39, 0.29) is 12.8 Å². The van der Waals surface area contributed by atoms with Crippen LogP contribution in [0.25, 0.3) is 11.5 Å². The molecule has 0 aliphatic carbocycles. The number of aryl methyl sites for hydroxylation is 3. The molecule has 1 N–H and O–H groups in total. The van der Waals surface area contributed by atoms with Crippen LogP contribution in [0.5, 0.6) is 0 Å². The first-order valence-electron chi connectivity index (χ1n) is 5.41. The molecule has 94 valence electrons. The van der Waals surface area contributed by atoms with Gasteiger partial charge in [0.25, 0.3) is 0 Å². The van der Waals surface area contributed by atoms with Gasteiger partial charge < -0.3 is 9.52 Å². The smallest absolute Gasteiger partial charge is 0.303 e. The second-order valence-electron chi connectivity index (χ2n) is 3.88. The number of hydrogen-bond acceptors (Lipinski definition) is 6. The molecule has 0 amide bonds. The third kappa shape index (κ3) is 2.68. The predicted molar refractivity (Wildman–Crippen MR) is 60.8 cm³/mol. The standard InChI is InChI=1S/C11H12N4O3/c1-6-5-8(7(2)13-12-6)11-15-14-9(18-11)3-4-10(16)17/h5H,3-4H2,1-2H3,(H,16,17). The topological polar surface area (TPSA) is 102 Å². The molecule has 0 aromatic carbocycles. The molecule has 0 aliphatic rings. The van der Waals surface area contributed by atoms with Crippen molar-refractivity contribution in [3.05, 3.63) is 23.3 Å². The van der Waals surface area contributed by atoms with E-state index in [1.165, 1.54) is 0 Å². The fraction of sp³-hybridized carbons (Fsp3) is 0.364. The zero-order valence-electron chi connectivity index (χ0n) is 10.0. The second-order valence-corrected chi connectivity index (χ2v) is 3.88. The first-order chi connectivity index (χ1) is 8.56. The highest BCUT2D eigenvalue weighted by Gasteiger charge is 2.13. The Hall–Kier alpha value is -2.31. The van der Waals surface area contributed by atoms with Gasteiger partial charge in [-0.2, -0.15) is 10.2 Å². The molecule has 18 heavy (non-hydrogen) atoms. The van der Waals surface area contributed by atoms with Gasteiger partial charge in [-0.15, -0.1) is 10.2 Å². The molecule has 0 radical (unpaired) electrons. The molecular weight excluding hydrogens is 236 g/mol. The molecule has 0 aliphatic heterocycles. The van der Waals surface area contributed by atoms with Crippen molar-refractivity contribution < 1.29 is 14.3 Å². The Morgan fingerprint density at radius 3 is 2.78 bits per heavy atom. The second kappa shape index (κ2) is 4.91. The van der Waals surface area contributed by atoms with Crippen LogP contribution >= 0.6 is 0 Å². The lowest BCUT2D eigenvalue weighted by molar-refractivity contribution is -0.137. The van der Waals surface area contributed by atoms with Crippen molar-refractivity contribution in [2.24, 2.45) is 0 Å². The van der Waals surface area contributed by atoms with E-state index in [9.17, 15) is 4.79 Å². The van der Waals surface area contributed by atoms with Gasteiger partial charge in [-0.1, -0.05) is 0 Å². The van der Waals surface area contributed by atoms with E-state index in [1.54, 1.807) is 13.0 Å². The maximum absolute atomic E-state index is 10.4. The Morgan fingerprint density at radius 2 is 2.06 bits per heavy atom. The lowest BCUT2D eigenvalue weighted by Gasteiger charge is -1.99. The fourth-order valence-corrected chi connectivity index (χ4v) is 1.44. The maximum atomic E-state index is 10.4. The van der Waals surface area contributed by atoms with Crippen molar-refractivity contribution in [3.63, 3.8) is 0 Å². The van der Waals surface area contributed by atoms with Crippen LogP contribution in [-0.4, -0.2) is 31.5 Å². The first kappa shape index (κ1) is 12.2. The van der Waals surface area contributed by atoms with Crippen LogP contribution in [-0.2, 0) is 11.2 Å². The van der Waals surface area contributed by atoms with Crippen LogP contribution in [0.4, 0.5) is 0 Å². The Kier molecular flexibility index (Phi) is 3.31.